The van der Waals surface area contributed by atoms with Gasteiger partial charge in [-0.1, -0.05) is 75.9 Å². The molecule has 0 aromatic heterocycles. The Morgan fingerprint density at radius 3 is 2.19 bits per heavy atom. The number of ether oxygens (including phenoxy) is 5. The molecular weight excluding hydrogens is 822 g/mol. The van der Waals surface area contributed by atoms with Crippen LogP contribution in [0.2, 0.25) is 0 Å². The molecule has 2 bridgehead atoms. The number of benzene rings is 2. The van der Waals surface area contributed by atoms with Crippen molar-refractivity contribution in [3.05, 3.63) is 95.3 Å². The van der Waals surface area contributed by atoms with Gasteiger partial charge in [0.2, 0.25) is 0 Å². The van der Waals surface area contributed by atoms with Crippen LogP contribution in [0.1, 0.15) is 69.4 Å². The van der Waals surface area contributed by atoms with Gasteiger partial charge in [-0.2, -0.15) is 0 Å². The molecule has 2 aromatic rings. The van der Waals surface area contributed by atoms with Gasteiger partial charge in [-0.3, -0.25) is 9.59 Å². The minimum absolute atomic E-state index is 0.0465. The molecule has 2 heterocycles. The molecule has 2 aliphatic heterocycles. The van der Waals surface area contributed by atoms with E-state index in [-0.39, 0.29) is 41.9 Å². The number of hydrogen-bond acceptors (Lipinski definition) is 16. The number of Topliss-reactive ketones (excluding diaryl/α,β-unsaturated/α-hetero) is 1. The van der Waals surface area contributed by atoms with Crippen molar-refractivity contribution in [2.24, 2.45) is 22.7 Å². The van der Waals surface area contributed by atoms with E-state index in [4.69, 9.17) is 23.7 Å². The van der Waals surface area contributed by atoms with Crippen molar-refractivity contribution in [1.29, 1.82) is 0 Å². The van der Waals surface area contributed by atoms with Crippen LogP contribution in [0.5, 0.6) is 0 Å². The number of ketones is 1. The summed E-state index contributed by atoms with van der Waals surface area (Å²) in [6.07, 6.45) is -15.2. The van der Waals surface area contributed by atoms with Crippen molar-refractivity contribution in [1.82, 2.24) is 5.32 Å². The van der Waals surface area contributed by atoms with Crippen molar-refractivity contribution in [3.63, 3.8) is 0 Å². The highest BCUT2D eigenvalue weighted by atomic mass is 16.7. The first-order chi connectivity index (χ1) is 29.6. The summed E-state index contributed by atoms with van der Waals surface area (Å²) in [6.45, 7) is 10.8. The Morgan fingerprint density at radius 2 is 1.59 bits per heavy atom. The topological polar surface area (TPSA) is 271 Å². The number of amides is 1. The van der Waals surface area contributed by atoms with Gasteiger partial charge in [0.15, 0.2) is 18.2 Å². The van der Waals surface area contributed by atoms with Crippen molar-refractivity contribution in [2.75, 3.05) is 19.8 Å². The maximum atomic E-state index is 15.2. The highest BCUT2D eigenvalue weighted by Crippen LogP contribution is 2.65. The van der Waals surface area contributed by atoms with E-state index in [2.05, 4.69) is 11.9 Å². The van der Waals surface area contributed by atoms with Crippen LogP contribution >= 0.6 is 0 Å². The number of aliphatic hydroxyl groups excluding tert-OH is 6. The summed E-state index contributed by atoms with van der Waals surface area (Å²) in [5, 5.41) is 92.8. The van der Waals surface area contributed by atoms with Crippen molar-refractivity contribution < 1.29 is 78.9 Å². The summed E-state index contributed by atoms with van der Waals surface area (Å²) in [7, 11) is 0. The van der Waals surface area contributed by atoms with E-state index >= 15 is 4.79 Å². The Hall–Kier alpha value is -4.11. The predicted molar refractivity (Wildman–Crippen MR) is 220 cm³/mol. The number of hydrogen-bond donors (Lipinski definition) is 9. The average Bonchev–Trinajstić information content (AvgIpc) is 3.26. The molecule has 0 radical (unpaired) electrons. The standard InChI is InChI=1S/C46H59NO16/c1-22(20-59-42-37(53)36(52)33(49)28(19-48)63-42)61-29-17-30-45(57,21-60-30)38-24(3)46(58)18-27(23(2)31(43(46,4)5)34(50)39(54)44(29,38)6)62-41(56)35(51)32(25-13-9-7-10-14-25)47-40(55)26-15-11-8-12-16-26/h7-16,24,27-30,32-38,42,48-53,57-58H,1,17-21H2,2-6H3,(H,47,55)/t24-,27?,28?,29?,30?,32?,33?,34?,35?,36?,37?,38?,42?,44+,45?,46?/m0/s1. The number of esters is 1. The van der Waals surface area contributed by atoms with Gasteiger partial charge in [0.1, 0.15) is 60.7 Å². The Labute approximate surface area is 364 Å². The summed E-state index contributed by atoms with van der Waals surface area (Å²) in [6, 6.07) is 15.4. The minimum Gasteiger partial charge on any atom is -0.492 e. The molecule has 2 saturated heterocycles. The molecule has 3 aliphatic carbocycles. The molecule has 17 heteroatoms. The number of rotatable bonds is 12. The quantitative estimate of drug-likeness (QED) is 0.0791. The fraction of sp³-hybridized carbons (Fsp3) is 0.587. The van der Waals surface area contributed by atoms with Crippen molar-refractivity contribution >= 4 is 17.7 Å². The van der Waals surface area contributed by atoms with Crippen LogP contribution in [-0.4, -0.2) is 151 Å². The van der Waals surface area contributed by atoms with Crippen LogP contribution in [0.25, 0.3) is 0 Å². The third kappa shape index (κ3) is 7.74. The van der Waals surface area contributed by atoms with Gasteiger partial charge in [-0.25, -0.2) is 4.79 Å². The predicted octanol–water partition coefficient (Wildman–Crippen LogP) is 0.359. The van der Waals surface area contributed by atoms with Crippen LogP contribution in [0, 0.1) is 22.7 Å². The zero-order chi connectivity index (χ0) is 46.0. The lowest BCUT2D eigenvalue weighted by Crippen LogP contribution is -2.79. The molecule has 5 aliphatic rings. The number of carbonyl (C=O) groups is 3. The van der Waals surface area contributed by atoms with Gasteiger partial charge < -0.3 is 69.9 Å². The molecule has 0 spiro atoms. The van der Waals surface area contributed by atoms with Crippen molar-refractivity contribution in [3.8, 4) is 0 Å². The highest BCUT2D eigenvalue weighted by molar-refractivity contribution is 5.95. The van der Waals surface area contributed by atoms with E-state index in [1.807, 2.05) is 0 Å². The lowest BCUT2D eigenvalue weighted by Gasteiger charge is -2.67. The van der Waals surface area contributed by atoms with E-state index < -0.39 is 132 Å². The third-order valence-electron chi connectivity index (χ3n) is 14.7. The molecule has 14 unspecified atom stereocenters. The summed E-state index contributed by atoms with van der Waals surface area (Å²) in [4.78, 5) is 42.5. The maximum Gasteiger partial charge on any atom is 0.338 e. The van der Waals surface area contributed by atoms with Crippen LogP contribution < -0.4 is 5.32 Å². The van der Waals surface area contributed by atoms with E-state index in [1.165, 1.54) is 0 Å². The minimum atomic E-state index is -1.94. The molecule has 63 heavy (non-hydrogen) atoms. The second-order valence-corrected chi connectivity index (χ2v) is 18.4. The van der Waals surface area contributed by atoms with Gasteiger partial charge >= 0.3 is 5.97 Å². The number of carbonyl (C=O) groups excluding carboxylic acids is 3. The van der Waals surface area contributed by atoms with Crippen LogP contribution in [0.4, 0.5) is 0 Å². The molecular formula is C46H59NO16. The monoisotopic (exact) mass is 881 g/mol. The number of aliphatic hydroxyl groups is 8. The number of fused-ring (bicyclic) bond motifs is 5. The summed E-state index contributed by atoms with van der Waals surface area (Å²) in [5.74, 6) is -4.67. The smallest absolute Gasteiger partial charge is 0.338 e. The average molecular weight is 882 g/mol. The first-order valence-electron chi connectivity index (χ1n) is 21.2. The second kappa shape index (κ2) is 17.4. The van der Waals surface area contributed by atoms with Gasteiger partial charge in [-0.05, 0) is 48.6 Å². The van der Waals surface area contributed by atoms with Crippen LogP contribution in [-0.2, 0) is 33.3 Å². The fourth-order valence-corrected chi connectivity index (χ4v) is 11.0. The molecule has 16 atom stereocenters. The fourth-order valence-electron chi connectivity index (χ4n) is 11.0. The highest BCUT2D eigenvalue weighted by Gasteiger charge is 2.75. The molecule has 17 nitrogen and oxygen atoms in total. The maximum absolute atomic E-state index is 15.2. The van der Waals surface area contributed by atoms with Gasteiger partial charge in [0.25, 0.3) is 5.91 Å². The van der Waals surface area contributed by atoms with Gasteiger partial charge in [0.05, 0.1) is 36.4 Å². The Bertz CT molecular complexity index is 2080. The Morgan fingerprint density at radius 1 is 0.952 bits per heavy atom. The molecule has 7 rings (SSSR count). The van der Waals surface area contributed by atoms with E-state index in [0.717, 1.165) is 0 Å². The molecule has 2 aromatic carbocycles. The lowest BCUT2D eigenvalue weighted by atomic mass is 9.42. The largest absolute Gasteiger partial charge is 0.492 e. The molecule has 4 fully saturated rings. The van der Waals surface area contributed by atoms with Crippen molar-refractivity contribution in [2.45, 2.75) is 126 Å². The first kappa shape index (κ1) is 46.9. The molecule has 2 saturated carbocycles. The summed E-state index contributed by atoms with van der Waals surface area (Å²) < 4.78 is 29.3. The Balaban J connectivity index is 1.18. The molecule has 9 N–H and O–H groups in total. The summed E-state index contributed by atoms with van der Waals surface area (Å²) >= 11 is 0. The zero-order valence-corrected chi connectivity index (χ0v) is 35.9. The van der Waals surface area contributed by atoms with E-state index in [0.29, 0.717) is 5.56 Å². The lowest BCUT2D eigenvalue weighted by molar-refractivity contribution is -0.337. The molecule has 1 amide bonds. The van der Waals surface area contributed by atoms with Crippen LogP contribution in [0.3, 0.4) is 0 Å². The normalized spacial score (nSPS) is 39.3. The summed E-state index contributed by atoms with van der Waals surface area (Å²) in [5.41, 5.74) is -5.66. The first-order valence-corrected chi connectivity index (χ1v) is 21.2. The van der Waals surface area contributed by atoms with Gasteiger partial charge in [-0.15, -0.1) is 0 Å². The number of nitrogens with one attached hydrogen (secondary N) is 1. The van der Waals surface area contributed by atoms with Crippen LogP contribution in [0.15, 0.2) is 84.1 Å². The Kier molecular flexibility index (Phi) is 12.9. The van der Waals surface area contributed by atoms with Gasteiger partial charge in [0, 0.05) is 29.7 Å². The third-order valence-corrected chi connectivity index (χ3v) is 14.7. The molecule has 344 valence electrons. The van der Waals surface area contributed by atoms with E-state index in [9.17, 15) is 50.4 Å². The zero-order valence-electron chi connectivity index (χ0n) is 35.9. The second-order valence-electron chi connectivity index (χ2n) is 18.4. The van der Waals surface area contributed by atoms with E-state index in [1.54, 1.807) is 95.3 Å². The SMILES string of the molecule is C=C(COC1OC(CO)C(O)C(O)C1O)OC1CC2OCC2(O)C2[C@H](C)C3(O)CC(OC(=O)C(O)C(NC(=O)c4ccccc4)c4ccccc4)C(C)=C(C(O)C(=O)[C@]12C)C3(C)C.